The predicted molar refractivity (Wildman–Crippen MR) is 112 cm³/mol. The Morgan fingerprint density at radius 3 is 2.37 bits per heavy atom. The number of benzene rings is 2. The van der Waals surface area contributed by atoms with Crippen LogP contribution >= 0.6 is 0 Å². The molecule has 0 N–H and O–H groups in total. The van der Waals surface area contributed by atoms with Crippen LogP contribution in [-0.4, -0.2) is 48.1 Å². The molecule has 0 bridgehead atoms. The van der Waals surface area contributed by atoms with Crippen molar-refractivity contribution in [3.63, 3.8) is 0 Å². The molecule has 0 spiro atoms. The van der Waals surface area contributed by atoms with E-state index in [0.29, 0.717) is 35.7 Å². The quantitative estimate of drug-likeness (QED) is 0.663. The smallest absolute Gasteiger partial charge is 0.253 e. The number of hydrogen-bond donors (Lipinski definition) is 0. The average Bonchev–Trinajstić information content (AvgIpc) is 2.82. The van der Waals surface area contributed by atoms with Gasteiger partial charge in [-0.25, -0.2) is 9.97 Å². The Morgan fingerprint density at radius 2 is 1.73 bits per heavy atom. The van der Waals surface area contributed by atoms with Gasteiger partial charge in [0.05, 0.1) is 37.1 Å². The van der Waals surface area contributed by atoms with Gasteiger partial charge < -0.3 is 14.4 Å². The van der Waals surface area contributed by atoms with Gasteiger partial charge >= 0.3 is 0 Å². The summed E-state index contributed by atoms with van der Waals surface area (Å²) >= 11 is 0. The number of ether oxygens (including phenoxy) is 2. The SMILES string of the molecule is COc1cc2ncnc(C3CCN(C(=O)c4ccc(C#N)cc4)CC3)c2cc1OC. The highest BCUT2D eigenvalue weighted by molar-refractivity contribution is 5.94. The van der Waals surface area contributed by atoms with Crippen molar-refractivity contribution in [2.24, 2.45) is 0 Å². The van der Waals surface area contributed by atoms with Gasteiger partial charge in [-0.15, -0.1) is 0 Å². The van der Waals surface area contributed by atoms with E-state index in [0.717, 1.165) is 29.4 Å². The van der Waals surface area contributed by atoms with Gasteiger partial charge in [0.2, 0.25) is 0 Å². The van der Waals surface area contributed by atoms with Crippen molar-refractivity contribution in [1.82, 2.24) is 14.9 Å². The molecule has 0 atom stereocenters. The fourth-order valence-electron chi connectivity index (χ4n) is 3.95. The minimum Gasteiger partial charge on any atom is -0.493 e. The van der Waals surface area contributed by atoms with E-state index in [4.69, 9.17) is 14.7 Å². The molecule has 1 aliphatic heterocycles. The van der Waals surface area contributed by atoms with Crippen molar-refractivity contribution >= 4 is 16.8 Å². The highest BCUT2D eigenvalue weighted by Gasteiger charge is 2.27. The monoisotopic (exact) mass is 402 g/mol. The van der Waals surface area contributed by atoms with Crippen LogP contribution in [0.5, 0.6) is 11.5 Å². The van der Waals surface area contributed by atoms with Crippen molar-refractivity contribution in [2.75, 3.05) is 27.3 Å². The van der Waals surface area contributed by atoms with Crippen LogP contribution in [0, 0.1) is 11.3 Å². The average molecular weight is 402 g/mol. The third kappa shape index (κ3) is 3.64. The van der Waals surface area contributed by atoms with Crippen LogP contribution in [0.3, 0.4) is 0 Å². The number of fused-ring (bicyclic) bond motifs is 1. The topological polar surface area (TPSA) is 88.3 Å². The van der Waals surface area contributed by atoms with E-state index < -0.39 is 0 Å². The zero-order valence-corrected chi connectivity index (χ0v) is 17.0. The van der Waals surface area contributed by atoms with Crippen LogP contribution in [0.25, 0.3) is 10.9 Å². The molecule has 0 saturated carbocycles. The molecule has 3 aromatic rings. The first-order chi connectivity index (χ1) is 14.6. The largest absolute Gasteiger partial charge is 0.493 e. The van der Waals surface area contributed by atoms with Crippen LogP contribution in [0.4, 0.5) is 0 Å². The summed E-state index contributed by atoms with van der Waals surface area (Å²) in [6.45, 7) is 1.31. The fourth-order valence-corrected chi connectivity index (χ4v) is 3.95. The molecule has 2 heterocycles. The number of likely N-dealkylation sites (tertiary alicyclic amines) is 1. The summed E-state index contributed by atoms with van der Waals surface area (Å²) in [6.07, 6.45) is 3.23. The normalized spacial score (nSPS) is 14.4. The van der Waals surface area contributed by atoms with Gasteiger partial charge in [0.1, 0.15) is 6.33 Å². The molecule has 1 aliphatic rings. The number of nitriles is 1. The lowest BCUT2D eigenvalue weighted by atomic mass is 9.90. The van der Waals surface area contributed by atoms with Gasteiger partial charge in [-0.05, 0) is 43.2 Å². The summed E-state index contributed by atoms with van der Waals surface area (Å²) in [5, 5.41) is 9.87. The van der Waals surface area contributed by atoms with Crippen LogP contribution in [0.1, 0.15) is 40.4 Å². The number of hydrogen-bond acceptors (Lipinski definition) is 6. The fraction of sp³-hybridized carbons (Fsp3) is 0.304. The number of piperidine rings is 1. The van der Waals surface area contributed by atoms with E-state index in [1.807, 2.05) is 17.0 Å². The Labute approximate surface area is 174 Å². The minimum absolute atomic E-state index is 0.00288. The summed E-state index contributed by atoms with van der Waals surface area (Å²) < 4.78 is 10.8. The summed E-state index contributed by atoms with van der Waals surface area (Å²) in [5.74, 6) is 1.52. The maximum atomic E-state index is 12.8. The van der Waals surface area contributed by atoms with Gasteiger partial charge in [-0.1, -0.05) is 0 Å². The Morgan fingerprint density at radius 1 is 1.07 bits per heavy atom. The van der Waals surface area contributed by atoms with Gasteiger partial charge in [0.25, 0.3) is 5.91 Å². The third-order valence-electron chi connectivity index (χ3n) is 5.60. The molecule has 1 saturated heterocycles. The maximum Gasteiger partial charge on any atom is 0.253 e. The lowest BCUT2D eigenvalue weighted by Gasteiger charge is -2.32. The summed E-state index contributed by atoms with van der Waals surface area (Å²) in [5.41, 5.74) is 2.95. The summed E-state index contributed by atoms with van der Waals surface area (Å²) in [4.78, 5) is 23.6. The number of nitrogens with zero attached hydrogens (tertiary/aromatic N) is 4. The van der Waals surface area contributed by atoms with Crippen LogP contribution in [0.15, 0.2) is 42.7 Å². The van der Waals surface area contributed by atoms with Gasteiger partial charge in [-0.2, -0.15) is 5.26 Å². The molecule has 0 unspecified atom stereocenters. The molecule has 4 rings (SSSR count). The Bertz CT molecular complexity index is 1110. The molecule has 152 valence electrons. The molecule has 7 nitrogen and oxygen atoms in total. The second-order valence-electron chi connectivity index (χ2n) is 7.24. The standard InChI is InChI=1S/C23H22N4O3/c1-29-20-11-18-19(12-21(20)30-2)25-14-26-22(18)16-7-9-27(10-8-16)23(28)17-5-3-15(13-24)4-6-17/h3-6,11-12,14,16H,7-10H2,1-2H3. The Kier molecular flexibility index (Phi) is 5.48. The third-order valence-corrected chi connectivity index (χ3v) is 5.60. The first-order valence-corrected chi connectivity index (χ1v) is 9.80. The van der Waals surface area contributed by atoms with Gasteiger partial charge in [0, 0.05) is 36.0 Å². The predicted octanol–water partition coefficient (Wildman–Crippen LogP) is 3.54. The maximum absolute atomic E-state index is 12.8. The molecule has 30 heavy (non-hydrogen) atoms. The number of aromatic nitrogens is 2. The van der Waals surface area contributed by atoms with E-state index in [9.17, 15) is 4.79 Å². The highest BCUT2D eigenvalue weighted by atomic mass is 16.5. The van der Waals surface area contributed by atoms with Crippen LogP contribution in [0.2, 0.25) is 0 Å². The zero-order valence-electron chi connectivity index (χ0n) is 17.0. The van der Waals surface area contributed by atoms with Gasteiger partial charge in [0.15, 0.2) is 11.5 Å². The molecule has 1 aromatic heterocycles. The Balaban J connectivity index is 1.53. The van der Waals surface area contributed by atoms with E-state index in [1.165, 1.54) is 0 Å². The minimum atomic E-state index is -0.00288. The van der Waals surface area contributed by atoms with E-state index >= 15 is 0 Å². The first kappa shape index (κ1) is 19.6. The molecule has 2 aromatic carbocycles. The number of rotatable bonds is 4. The second-order valence-corrected chi connectivity index (χ2v) is 7.24. The van der Waals surface area contributed by atoms with Crippen molar-refractivity contribution in [3.05, 3.63) is 59.5 Å². The van der Waals surface area contributed by atoms with Crippen LogP contribution in [-0.2, 0) is 0 Å². The number of methoxy groups -OCH3 is 2. The molecule has 1 fully saturated rings. The zero-order chi connectivity index (χ0) is 21.1. The van der Waals surface area contributed by atoms with Crippen molar-refractivity contribution in [3.8, 4) is 17.6 Å². The molecular weight excluding hydrogens is 380 g/mol. The van der Waals surface area contributed by atoms with Crippen molar-refractivity contribution in [1.29, 1.82) is 5.26 Å². The number of amides is 1. The second kappa shape index (κ2) is 8.37. The molecule has 0 radical (unpaired) electrons. The van der Waals surface area contributed by atoms with Gasteiger partial charge in [-0.3, -0.25) is 4.79 Å². The Hall–Kier alpha value is -3.66. The lowest BCUT2D eigenvalue weighted by molar-refractivity contribution is 0.0712. The van der Waals surface area contributed by atoms with E-state index in [-0.39, 0.29) is 11.8 Å². The van der Waals surface area contributed by atoms with Crippen molar-refractivity contribution < 1.29 is 14.3 Å². The molecular formula is C23H22N4O3. The lowest BCUT2D eigenvalue weighted by Crippen LogP contribution is -2.38. The summed E-state index contributed by atoms with van der Waals surface area (Å²) in [6, 6.07) is 12.6. The number of carbonyl (C=O) groups excluding carboxylic acids is 1. The van der Waals surface area contributed by atoms with E-state index in [2.05, 4.69) is 16.0 Å². The molecule has 1 amide bonds. The van der Waals surface area contributed by atoms with Crippen molar-refractivity contribution in [2.45, 2.75) is 18.8 Å². The van der Waals surface area contributed by atoms with E-state index in [1.54, 1.807) is 44.8 Å². The van der Waals surface area contributed by atoms with Crippen LogP contribution < -0.4 is 9.47 Å². The highest BCUT2D eigenvalue weighted by Crippen LogP contribution is 2.36. The molecule has 7 heteroatoms. The molecule has 0 aliphatic carbocycles. The first-order valence-electron chi connectivity index (χ1n) is 9.80. The summed E-state index contributed by atoms with van der Waals surface area (Å²) in [7, 11) is 3.22. The number of carbonyl (C=O) groups is 1.